The van der Waals surface area contributed by atoms with E-state index in [1.807, 2.05) is 19.5 Å². The zero-order chi connectivity index (χ0) is 10.7. The summed E-state index contributed by atoms with van der Waals surface area (Å²) in [7, 11) is 0. The number of rotatable bonds is 3. The van der Waals surface area contributed by atoms with E-state index >= 15 is 0 Å². The average molecular weight is 205 g/mol. The van der Waals surface area contributed by atoms with Crippen LogP contribution in [-0.4, -0.2) is 27.5 Å². The molecule has 1 atom stereocenters. The van der Waals surface area contributed by atoms with Gasteiger partial charge in [-0.05, 0) is 31.9 Å². The first kappa shape index (κ1) is 10.3. The first-order valence-electron chi connectivity index (χ1n) is 5.63. The van der Waals surface area contributed by atoms with Gasteiger partial charge in [0.25, 0.3) is 0 Å². The number of piperidine rings is 1. The predicted molar refractivity (Wildman–Crippen MR) is 61.5 cm³/mol. The maximum atomic E-state index is 4.25. The molecular weight excluding hydrogens is 186 g/mol. The Labute approximate surface area is 91.4 Å². The highest BCUT2D eigenvalue weighted by Crippen LogP contribution is 2.18. The van der Waals surface area contributed by atoms with Gasteiger partial charge in [-0.15, -0.1) is 0 Å². The van der Waals surface area contributed by atoms with Gasteiger partial charge in [0.15, 0.2) is 0 Å². The summed E-state index contributed by atoms with van der Waals surface area (Å²) >= 11 is 0. The van der Waals surface area contributed by atoms with Gasteiger partial charge in [-0.25, -0.2) is 4.98 Å². The largest absolute Gasteiger partial charge is 0.378 e. The highest BCUT2D eigenvalue weighted by Gasteiger charge is 2.17. The molecule has 15 heavy (non-hydrogen) atoms. The number of nitrogens with zero attached hydrogens (tertiary/aromatic N) is 3. The predicted octanol–water partition coefficient (Wildman–Crippen LogP) is 2.05. The monoisotopic (exact) mass is 205 g/mol. The lowest BCUT2D eigenvalue weighted by Gasteiger charge is -2.31. The van der Waals surface area contributed by atoms with E-state index in [-0.39, 0.29) is 0 Å². The molecule has 1 fully saturated rings. The Morgan fingerprint density at radius 3 is 3.20 bits per heavy atom. The molecule has 0 unspecified atom stereocenters. The Morgan fingerprint density at radius 1 is 1.67 bits per heavy atom. The van der Waals surface area contributed by atoms with Crippen LogP contribution in [-0.2, 0) is 6.54 Å². The average Bonchev–Trinajstić information content (AvgIpc) is 2.64. The summed E-state index contributed by atoms with van der Waals surface area (Å²) in [6.07, 6.45) is 8.62. The number of hydrogen-bond acceptors (Lipinski definition) is 2. The van der Waals surface area contributed by atoms with Gasteiger partial charge >= 0.3 is 0 Å². The molecule has 0 bridgehead atoms. The fourth-order valence-corrected chi connectivity index (χ4v) is 2.28. The van der Waals surface area contributed by atoms with Crippen LogP contribution >= 0.6 is 0 Å². The van der Waals surface area contributed by atoms with Crippen molar-refractivity contribution in [1.29, 1.82) is 0 Å². The first-order chi connectivity index (χ1) is 7.28. The minimum Gasteiger partial charge on any atom is -0.378 e. The van der Waals surface area contributed by atoms with Crippen molar-refractivity contribution in [1.82, 2.24) is 14.5 Å². The molecule has 1 aromatic heterocycles. The number of imidazole rings is 1. The molecule has 0 N–H and O–H groups in total. The molecule has 0 spiro atoms. The summed E-state index contributed by atoms with van der Waals surface area (Å²) in [5, 5.41) is 0. The topological polar surface area (TPSA) is 21.1 Å². The number of likely N-dealkylation sites (tertiary alicyclic amines) is 1. The van der Waals surface area contributed by atoms with E-state index in [4.69, 9.17) is 0 Å². The van der Waals surface area contributed by atoms with Gasteiger partial charge in [0.2, 0.25) is 0 Å². The third-order valence-corrected chi connectivity index (χ3v) is 3.04. The molecule has 0 amide bonds. The Kier molecular flexibility index (Phi) is 3.09. The van der Waals surface area contributed by atoms with Crippen LogP contribution in [0.2, 0.25) is 0 Å². The molecule has 3 nitrogen and oxygen atoms in total. The summed E-state index contributed by atoms with van der Waals surface area (Å²) in [6, 6.07) is 0. The zero-order valence-electron chi connectivity index (χ0n) is 9.39. The van der Waals surface area contributed by atoms with Crippen molar-refractivity contribution in [2.24, 2.45) is 5.92 Å². The van der Waals surface area contributed by atoms with Crippen LogP contribution in [0.4, 0.5) is 0 Å². The Balaban J connectivity index is 1.91. The summed E-state index contributed by atoms with van der Waals surface area (Å²) < 4.78 is 2.20. The standard InChI is InChI=1S/C12H19N3/c1-3-14-6-4-5-12(8-14)9-15-7-11(2)13-10-15/h3,7,10,12H,1,4-6,8-9H2,2H3/t12-/m1/s1. The third-order valence-electron chi connectivity index (χ3n) is 3.04. The maximum Gasteiger partial charge on any atom is 0.0949 e. The normalized spacial score (nSPS) is 21.7. The van der Waals surface area contributed by atoms with E-state index in [9.17, 15) is 0 Å². The SMILES string of the molecule is C=CN1CCC[C@@H](Cn2cnc(C)c2)C1. The van der Waals surface area contributed by atoms with Crippen LogP contribution < -0.4 is 0 Å². The van der Waals surface area contributed by atoms with Gasteiger partial charge in [-0.2, -0.15) is 0 Å². The molecule has 0 aliphatic carbocycles. The van der Waals surface area contributed by atoms with E-state index in [0.717, 1.165) is 24.7 Å². The zero-order valence-corrected chi connectivity index (χ0v) is 9.39. The van der Waals surface area contributed by atoms with Gasteiger partial charge < -0.3 is 9.47 Å². The lowest BCUT2D eigenvalue weighted by Crippen LogP contribution is -2.33. The van der Waals surface area contributed by atoms with Gasteiger partial charge in [-0.3, -0.25) is 0 Å². The second kappa shape index (κ2) is 4.51. The first-order valence-corrected chi connectivity index (χ1v) is 5.63. The molecule has 2 heterocycles. The van der Waals surface area contributed by atoms with Gasteiger partial charge in [0.05, 0.1) is 12.0 Å². The van der Waals surface area contributed by atoms with E-state index in [0.29, 0.717) is 0 Å². The van der Waals surface area contributed by atoms with Gasteiger partial charge in [-0.1, -0.05) is 6.58 Å². The van der Waals surface area contributed by atoms with E-state index < -0.39 is 0 Å². The fourth-order valence-electron chi connectivity index (χ4n) is 2.28. The van der Waals surface area contributed by atoms with E-state index in [1.54, 1.807) is 0 Å². The van der Waals surface area contributed by atoms with Crippen LogP contribution in [0.1, 0.15) is 18.5 Å². The molecule has 2 rings (SSSR count). The molecule has 0 saturated carbocycles. The molecular formula is C12H19N3. The van der Waals surface area contributed by atoms with Crippen molar-refractivity contribution in [3.05, 3.63) is 31.0 Å². The van der Waals surface area contributed by atoms with Crippen LogP contribution in [0.25, 0.3) is 0 Å². The van der Waals surface area contributed by atoms with Crippen molar-refractivity contribution in [2.45, 2.75) is 26.3 Å². The number of aryl methyl sites for hydroxylation is 1. The third kappa shape index (κ3) is 2.61. The molecule has 1 saturated heterocycles. The van der Waals surface area contributed by atoms with Gasteiger partial charge in [0.1, 0.15) is 0 Å². The molecule has 1 aromatic rings. The van der Waals surface area contributed by atoms with Crippen molar-refractivity contribution >= 4 is 0 Å². The van der Waals surface area contributed by atoms with E-state index in [2.05, 4.69) is 27.2 Å². The number of aromatic nitrogens is 2. The van der Waals surface area contributed by atoms with Crippen molar-refractivity contribution < 1.29 is 0 Å². The highest BCUT2D eigenvalue weighted by molar-refractivity contribution is 4.93. The second-order valence-electron chi connectivity index (χ2n) is 4.40. The van der Waals surface area contributed by atoms with Crippen LogP contribution in [0.3, 0.4) is 0 Å². The summed E-state index contributed by atoms with van der Waals surface area (Å²) in [6.45, 7) is 9.27. The van der Waals surface area contributed by atoms with Crippen molar-refractivity contribution in [3.63, 3.8) is 0 Å². The lowest BCUT2D eigenvalue weighted by atomic mass is 9.98. The summed E-state index contributed by atoms with van der Waals surface area (Å²) in [4.78, 5) is 6.57. The fraction of sp³-hybridized carbons (Fsp3) is 0.583. The molecule has 1 aliphatic heterocycles. The molecule has 0 radical (unpaired) electrons. The quantitative estimate of drug-likeness (QED) is 0.753. The Morgan fingerprint density at radius 2 is 2.53 bits per heavy atom. The molecule has 0 aromatic carbocycles. The Bertz CT molecular complexity index is 329. The smallest absolute Gasteiger partial charge is 0.0949 e. The second-order valence-corrected chi connectivity index (χ2v) is 4.40. The van der Waals surface area contributed by atoms with E-state index in [1.165, 1.54) is 19.4 Å². The summed E-state index contributed by atoms with van der Waals surface area (Å²) in [5.41, 5.74) is 1.10. The van der Waals surface area contributed by atoms with Crippen LogP contribution in [0, 0.1) is 12.8 Å². The highest BCUT2D eigenvalue weighted by atomic mass is 15.1. The Hall–Kier alpha value is -1.25. The maximum absolute atomic E-state index is 4.25. The van der Waals surface area contributed by atoms with Crippen LogP contribution in [0.15, 0.2) is 25.3 Å². The molecule has 82 valence electrons. The molecule has 3 heteroatoms. The van der Waals surface area contributed by atoms with Crippen molar-refractivity contribution in [2.75, 3.05) is 13.1 Å². The molecule has 1 aliphatic rings. The van der Waals surface area contributed by atoms with Crippen LogP contribution in [0.5, 0.6) is 0 Å². The minimum atomic E-state index is 0.741. The van der Waals surface area contributed by atoms with Gasteiger partial charge in [0, 0.05) is 25.8 Å². The lowest BCUT2D eigenvalue weighted by molar-refractivity contribution is 0.216. The number of hydrogen-bond donors (Lipinski definition) is 0. The van der Waals surface area contributed by atoms with Crippen molar-refractivity contribution in [3.8, 4) is 0 Å². The minimum absolute atomic E-state index is 0.741. The summed E-state index contributed by atoms with van der Waals surface area (Å²) in [5.74, 6) is 0.741.